The Kier molecular flexibility index (Phi) is 4.34. The lowest BCUT2D eigenvalue weighted by Crippen LogP contribution is -2.56. The molecule has 2 aliphatic heterocycles. The topological polar surface area (TPSA) is 23.5 Å². The molecule has 1 N–H and O–H groups in total. The molecule has 0 saturated carbocycles. The van der Waals surface area contributed by atoms with Crippen LogP contribution in [0.25, 0.3) is 0 Å². The Morgan fingerprint density at radius 3 is 2.12 bits per heavy atom. The quantitative estimate of drug-likeness (QED) is 0.894. The van der Waals surface area contributed by atoms with Gasteiger partial charge in [0.2, 0.25) is 0 Å². The molecule has 0 radical (unpaired) electrons. The fourth-order valence-electron chi connectivity index (χ4n) is 4.72. The lowest BCUT2D eigenvalue weighted by molar-refractivity contribution is -0.103. The van der Waals surface area contributed by atoms with E-state index in [1.165, 1.54) is 23.8 Å². The van der Waals surface area contributed by atoms with E-state index >= 15 is 0 Å². The molecule has 4 rings (SSSR count). The first-order valence-electron chi connectivity index (χ1n) is 9.03. The highest BCUT2D eigenvalue weighted by Crippen LogP contribution is 2.46. The number of nitrogens with zero attached hydrogens (tertiary/aromatic N) is 1. The summed E-state index contributed by atoms with van der Waals surface area (Å²) in [4.78, 5) is 2.42. The second-order valence-electron chi connectivity index (χ2n) is 7.43. The van der Waals surface area contributed by atoms with Gasteiger partial charge in [-0.3, -0.25) is 4.90 Å². The number of hydrogen-bond acceptors (Lipinski definition) is 2. The van der Waals surface area contributed by atoms with Crippen LogP contribution >= 0.6 is 0 Å². The zero-order valence-corrected chi connectivity index (χ0v) is 14.2. The van der Waals surface area contributed by atoms with Gasteiger partial charge < -0.3 is 5.11 Å². The number of hydrogen-bond donors (Lipinski definition) is 1. The highest BCUT2D eigenvalue weighted by atomic mass is 19.1. The van der Waals surface area contributed by atoms with Crippen molar-refractivity contribution in [2.75, 3.05) is 0 Å². The molecule has 2 fully saturated rings. The normalized spacial score (nSPS) is 29.6. The average Bonchev–Trinajstić information content (AvgIpc) is 2.57. The second kappa shape index (κ2) is 6.50. The fraction of sp³-hybridized carbons (Fsp3) is 0.429. The van der Waals surface area contributed by atoms with E-state index in [1.54, 1.807) is 0 Å². The van der Waals surface area contributed by atoms with Gasteiger partial charge in [0.1, 0.15) is 11.6 Å². The summed E-state index contributed by atoms with van der Waals surface area (Å²) in [6.07, 6.45) is 3.79. The molecule has 0 spiro atoms. The van der Waals surface area contributed by atoms with E-state index in [0.717, 1.165) is 25.8 Å². The smallest absolute Gasteiger partial charge is 0.132 e. The van der Waals surface area contributed by atoms with Crippen molar-refractivity contribution in [1.82, 2.24) is 4.90 Å². The maximum atomic E-state index is 14.3. The molecule has 4 heteroatoms. The third kappa shape index (κ3) is 3.09. The van der Waals surface area contributed by atoms with Crippen molar-refractivity contribution in [2.24, 2.45) is 0 Å². The predicted molar refractivity (Wildman–Crippen MR) is 92.9 cm³/mol. The van der Waals surface area contributed by atoms with E-state index < -0.39 is 17.2 Å². The molecule has 2 atom stereocenters. The predicted octanol–water partition coefficient (Wildman–Crippen LogP) is 4.37. The third-order valence-electron chi connectivity index (χ3n) is 5.80. The Hall–Kier alpha value is -1.78. The molecule has 0 amide bonds. The van der Waals surface area contributed by atoms with Gasteiger partial charge in [-0.25, -0.2) is 8.78 Å². The summed E-state index contributed by atoms with van der Waals surface area (Å²) in [5.74, 6) is -1.28. The van der Waals surface area contributed by atoms with Gasteiger partial charge in [-0.15, -0.1) is 0 Å². The standard InChI is InChI=1S/C21H23F2NO/c22-18-10-5-11-19(23)20(18)21(25)12-16-8-4-9-17(13-21)24(16)14-15-6-2-1-3-7-15/h1-3,5-7,10-11,16-17,25H,4,8-9,12-14H2. The third-order valence-corrected chi connectivity index (χ3v) is 5.80. The Morgan fingerprint density at radius 1 is 0.920 bits per heavy atom. The van der Waals surface area contributed by atoms with Crippen molar-refractivity contribution in [3.8, 4) is 0 Å². The summed E-state index contributed by atoms with van der Waals surface area (Å²) in [5, 5.41) is 11.2. The monoisotopic (exact) mass is 343 g/mol. The van der Waals surface area contributed by atoms with Gasteiger partial charge in [-0.05, 0) is 43.4 Å². The molecule has 132 valence electrons. The van der Waals surface area contributed by atoms with E-state index in [1.807, 2.05) is 18.2 Å². The van der Waals surface area contributed by atoms with E-state index in [9.17, 15) is 13.9 Å². The number of fused-ring (bicyclic) bond motifs is 2. The van der Waals surface area contributed by atoms with E-state index in [0.29, 0.717) is 12.8 Å². The first kappa shape index (κ1) is 16.7. The van der Waals surface area contributed by atoms with Gasteiger partial charge in [0.25, 0.3) is 0 Å². The van der Waals surface area contributed by atoms with Crippen molar-refractivity contribution in [2.45, 2.75) is 56.3 Å². The minimum atomic E-state index is -1.42. The summed E-state index contributed by atoms with van der Waals surface area (Å²) in [6, 6.07) is 14.4. The molecule has 2 aromatic rings. The van der Waals surface area contributed by atoms with E-state index in [4.69, 9.17) is 0 Å². The minimum absolute atomic E-state index is 0.147. The average molecular weight is 343 g/mol. The Bertz CT molecular complexity index is 715. The molecule has 0 aliphatic carbocycles. The van der Waals surface area contributed by atoms with Crippen LogP contribution < -0.4 is 0 Å². The molecule has 2 aromatic carbocycles. The zero-order chi connectivity index (χ0) is 17.4. The molecule has 0 aromatic heterocycles. The van der Waals surface area contributed by atoms with Crippen LogP contribution in [0, 0.1) is 11.6 Å². The number of piperidine rings is 2. The van der Waals surface area contributed by atoms with E-state index in [-0.39, 0.29) is 17.6 Å². The summed E-state index contributed by atoms with van der Waals surface area (Å²) < 4.78 is 28.6. The molecule has 2 bridgehead atoms. The number of rotatable bonds is 3. The highest BCUT2D eigenvalue weighted by Gasteiger charge is 2.48. The van der Waals surface area contributed by atoms with Gasteiger partial charge in [-0.1, -0.05) is 42.8 Å². The Balaban J connectivity index is 1.63. The van der Waals surface area contributed by atoms with Crippen LogP contribution in [0.4, 0.5) is 8.78 Å². The van der Waals surface area contributed by atoms with Crippen molar-refractivity contribution in [3.05, 3.63) is 71.3 Å². The molecule has 2 heterocycles. The van der Waals surface area contributed by atoms with Crippen molar-refractivity contribution >= 4 is 0 Å². The first-order valence-corrected chi connectivity index (χ1v) is 9.03. The van der Waals surface area contributed by atoms with Gasteiger partial charge in [0.05, 0.1) is 11.2 Å². The molecule has 2 unspecified atom stereocenters. The van der Waals surface area contributed by atoms with Gasteiger partial charge >= 0.3 is 0 Å². The molecular weight excluding hydrogens is 320 g/mol. The minimum Gasteiger partial charge on any atom is -0.385 e. The summed E-state index contributed by atoms with van der Waals surface area (Å²) in [5.41, 5.74) is -0.327. The van der Waals surface area contributed by atoms with Crippen LogP contribution in [-0.2, 0) is 12.1 Å². The lowest BCUT2D eigenvalue weighted by atomic mass is 9.72. The summed E-state index contributed by atoms with van der Waals surface area (Å²) >= 11 is 0. The van der Waals surface area contributed by atoms with Crippen LogP contribution in [0.5, 0.6) is 0 Å². The van der Waals surface area contributed by atoms with Crippen LogP contribution in [0.15, 0.2) is 48.5 Å². The van der Waals surface area contributed by atoms with E-state index in [2.05, 4.69) is 17.0 Å². The highest BCUT2D eigenvalue weighted by molar-refractivity contribution is 5.28. The zero-order valence-electron chi connectivity index (χ0n) is 14.2. The van der Waals surface area contributed by atoms with Gasteiger partial charge in [0.15, 0.2) is 0 Å². The fourth-order valence-corrected chi connectivity index (χ4v) is 4.72. The summed E-state index contributed by atoms with van der Waals surface area (Å²) in [7, 11) is 0. The van der Waals surface area contributed by atoms with Gasteiger partial charge in [0, 0.05) is 18.6 Å². The molecule has 2 saturated heterocycles. The molecule has 2 aliphatic rings. The second-order valence-corrected chi connectivity index (χ2v) is 7.43. The van der Waals surface area contributed by atoms with Crippen LogP contribution in [0.3, 0.4) is 0 Å². The van der Waals surface area contributed by atoms with Crippen molar-refractivity contribution in [1.29, 1.82) is 0 Å². The molecule has 2 nitrogen and oxygen atoms in total. The maximum Gasteiger partial charge on any atom is 0.132 e. The molecular formula is C21H23F2NO. The maximum absolute atomic E-state index is 14.3. The number of halogens is 2. The molecule has 25 heavy (non-hydrogen) atoms. The number of benzene rings is 2. The van der Waals surface area contributed by atoms with Crippen LogP contribution in [-0.4, -0.2) is 22.1 Å². The van der Waals surface area contributed by atoms with Gasteiger partial charge in [-0.2, -0.15) is 0 Å². The largest absolute Gasteiger partial charge is 0.385 e. The Morgan fingerprint density at radius 2 is 1.52 bits per heavy atom. The first-order chi connectivity index (χ1) is 12.1. The van der Waals surface area contributed by atoms with Crippen molar-refractivity contribution in [3.63, 3.8) is 0 Å². The van der Waals surface area contributed by atoms with Crippen molar-refractivity contribution < 1.29 is 13.9 Å². The van der Waals surface area contributed by atoms with Crippen LogP contribution in [0.1, 0.15) is 43.2 Å². The SMILES string of the molecule is OC1(c2c(F)cccc2F)CC2CCCC(C1)N2Cc1ccccc1. The Labute approximate surface area is 147 Å². The lowest BCUT2D eigenvalue weighted by Gasteiger charge is -2.52. The van der Waals surface area contributed by atoms with Crippen LogP contribution in [0.2, 0.25) is 0 Å². The number of aliphatic hydroxyl groups is 1. The summed E-state index contributed by atoms with van der Waals surface area (Å²) in [6.45, 7) is 0.825.